The number of nitrogens with zero attached hydrogens (tertiary/aromatic N) is 3. The Balaban J connectivity index is 1.88. The molecule has 0 amide bonds. The van der Waals surface area contributed by atoms with E-state index < -0.39 is 0 Å². The summed E-state index contributed by atoms with van der Waals surface area (Å²) in [5.41, 5.74) is 2.94. The number of rotatable bonds is 4. The van der Waals surface area contributed by atoms with Gasteiger partial charge in [0.25, 0.3) is 0 Å². The van der Waals surface area contributed by atoms with Crippen LogP contribution in [0.5, 0.6) is 0 Å². The zero-order chi connectivity index (χ0) is 12.5. The van der Waals surface area contributed by atoms with E-state index in [1.807, 2.05) is 28.9 Å². The van der Waals surface area contributed by atoms with Crippen molar-refractivity contribution in [3.05, 3.63) is 46.2 Å². The van der Waals surface area contributed by atoms with Crippen molar-refractivity contribution in [3.63, 3.8) is 0 Å². The molecule has 0 saturated heterocycles. The first-order valence-electron chi connectivity index (χ1n) is 6.05. The Bertz CT molecular complexity index is 546. The van der Waals surface area contributed by atoms with Crippen LogP contribution in [0.2, 0.25) is 5.02 Å². The van der Waals surface area contributed by atoms with Crippen molar-refractivity contribution >= 4 is 11.6 Å². The quantitative estimate of drug-likeness (QED) is 0.921. The van der Waals surface area contributed by atoms with Gasteiger partial charge in [-0.2, -0.15) is 0 Å². The topological polar surface area (TPSA) is 50.9 Å². The fourth-order valence-electron chi connectivity index (χ4n) is 2.15. The molecule has 0 bridgehead atoms. The van der Waals surface area contributed by atoms with Gasteiger partial charge < -0.3 is 5.11 Å². The average molecular weight is 264 g/mol. The van der Waals surface area contributed by atoms with E-state index >= 15 is 0 Å². The Morgan fingerprint density at radius 3 is 2.61 bits per heavy atom. The van der Waals surface area contributed by atoms with E-state index in [4.69, 9.17) is 11.6 Å². The number of aliphatic hydroxyl groups excluding tert-OH is 1. The minimum Gasteiger partial charge on any atom is -0.390 e. The van der Waals surface area contributed by atoms with Crippen molar-refractivity contribution in [2.75, 3.05) is 0 Å². The number of aromatic nitrogens is 3. The van der Waals surface area contributed by atoms with Crippen LogP contribution in [0.15, 0.2) is 24.3 Å². The van der Waals surface area contributed by atoms with Gasteiger partial charge in [0, 0.05) is 10.9 Å². The Morgan fingerprint density at radius 2 is 2.00 bits per heavy atom. The van der Waals surface area contributed by atoms with Crippen LogP contribution >= 0.6 is 11.6 Å². The van der Waals surface area contributed by atoms with E-state index in [1.54, 1.807) is 0 Å². The van der Waals surface area contributed by atoms with Gasteiger partial charge >= 0.3 is 0 Å². The summed E-state index contributed by atoms with van der Waals surface area (Å²) in [6, 6.07) is 7.72. The fourth-order valence-corrected chi connectivity index (χ4v) is 2.28. The number of benzene rings is 1. The minimum absolute atomic E-state index is 0.0353. The van der Waals surface area contributed by atoms with Gasteiger partial charge in [-0.15, -0.1) is 5.10 Å². The summed E-state index contributed by atoms with van der Waals surface area (Å²) in [5, 5.41) is 18.2. The molecular formula is C13H14ClN3O. The molecule has 1 aromatic carbocycles. The lowest BCUT2D eigenvalue weighted by Gasteiger charge is -2.06. The largest absolute Gasteiger partial charge is 0.390 e. The molecule has 1 heterocycles. The number of halogens is 1. The molecule has 1 aliphatic rings. The number of hydrogen-bond donors (Lipinski definition) is 1. The molecule has 1 N–H and O–H groups in total. The van der Waals surface area contributed by atoms with Crippen molar-refractivity contribution < 1.29 is 5.11 Å². The first kappa shape index (κ1) is 11.7. The SMILES string of the molecule is OCc1nnn(Cc2ccc(Cl)cc2)c1C1CC1. The summed E-state index contributed by atoms with van der Waals surface area (Å²) in [6.45, 7) is 0.641. The normalized spacial score (nSPS) is 15.0. The summed E-state index contributed by atoms with van der Waals surface area (Å²) in [7, 11) is 0. The first-order chi connectivity index (χ1) is 8.78. The third-order valence-electron chi connectivity index (χ3n) is 3.21. The molecule has 0 spiro atoms. The van der Waals surface area contributed by atoms with E-state index in [1.165, 1.54) is 12.8 Å². The Labute approximate surface area is 110 Å². The van der Waals surface area contributed by atoms with Gasteiger partial charge in [-0.3, -0.25) is 0 Å². The molecule has 1 aromatic heterocycles. The average Bonchev–Trinajstić information content (AvgIpc) is 3.14. The summed E-state index contributed by atoms with van der Waals surface area (Å²) >= 11 is 5.87. The van der Waals surface area contributed by atoms with Gasteiger partial charge in [-0.1, -0.05) is 28.9 Å². The van der Waals surface area contributed by atoms with Gasteiger partial charge in [0.2, 0.25) is 0 Å². The van der Waals surface area contributed by atoms with Crippen molar-refractivity contribution in [2.24, 2.45) is 0 Å². The highest BCUT2D eigenvalue weighted by molar-refractivity contribution is 6.30. The minimum atomic E-state index is -0.0353. The van der Waals surface area contributed by atoms with Crippen LogP contribution in [0.4, 0.5) is 0 Å². The highest BCUT2D eigenvalue weighted by Crippen LogP contribution is 2.41. The number of hydrogen-bond acceptors (Lipinski definition) is 3. The maximum absolute atomic E-state index is 9.28. The monoisotopic (exact) mass is 263 g/mol. The molecule has 1 aliphatic carbocycles. The van der Waals surface area contributed by atoms with E-state index in [0.717, 1.165) is 16.3 Å². The first-order valence-corrected chi connectivity index (χ1v) is 6.43. The maximum atomic E-state index is 9.28. The van der Waals surface area contributed by atoms with Crippen molar-refractivity contribution in [1.29, 1.82) is 0 Å². The van der Waals surface area contributed by atoms with E-state index in [9.17, 15) is 5.11 Å². The van der Waals surface area contributed by atoms with Gasteiger partial charge in [0.15, 0.2) is 0 Å². The van der Waals surface area contributed by atoms with Crippen molar-refractivity contribution in [2.45, 2.75) is 31.9 Å². The van der Waals surface area contributed by atoms with Crippen molar-refractivity contribution in [3.8, 4) is 0 Å². The highest BCUT2D eigenvalue weighted by Gasteiger charge is 2.30. The molecule has 1 saturated carbocycles. The van der Waals surface area contributed by atoms with Gasteiger partial charge in [-0.25, -0.2) is 4.68 Å². The maximum Gasteiger partial charge on any atom is 0.112 e. The zero-order valence-corrected chi connectivity index (χ0v) is 10.6. The van der Waals surface area contributed by atoms with E-state index in [0.29, 0.717) is 18.2 Å². The van der Waals surface area contributed by atoms with Crippen LogP contribution in [0.3, 0.4) is 0 Å². The van der Waals surface area contributed by atoms with Crippen LogP contribution in [0.1, 0.15) is 35.7 Å². The molecule has 5 heteroatoms. The molecule has 18 heavy (non-hydrogen) atoms. The van der Waals surface area contributed by atoms with E-state index in [-0.39, 0.29) is 6.61 Å². The number of aliphatic hydroxyl groups is 1. The van der Waals surface area contributed by atoms with Gasteiger partial charge in [-0.05, 0) is 30.5 Å². The molecule has 0 atom stereocenters. The lowest BCUT2D eigenvalue weighted by Crippen LogP contribution is -2.06. The van der Waals surface area contributed by atoms with Gasteiger partial charge in [0.05, 0.1) is 18.8 Å². The Morgan fingerprint density at radius 1 is 1.28 bits per heavy atom. The van der Waals surface area contributed by atoms with Crippen molar-refractivity contribution in [1.82, 2.24) is 15.0 Å². The second-order valence-electron chi connectivity index (χ2n) is 4.64. The van der Waals surface area contributed by atoms with Gasteiger partial charge in [0.1, 0.15) is 5.69 Å². The summed E-state index contributed by atoms with van der Waals surface area (Å²) in [5.74, 6) is 0.523. The lowest BCUT2D eigenvalue weighted by molar-refractivity contribution is 0.275. The summed E-state index contributed by atoms with van der Waals surface area (Å²) in [4.78, 5) is 0. The standard InChI is InChI=1S/C13H14ClN3O/c14-11-5-1-9(2-6-11)7-17-13(10-3-4-10)12(8-18)15-16-17/h1-2,5-6,10,18H,3-4,7-8H2. The molecule has 3 rings (SSSR count). The second kappa shape index (κ2) is 4.71. The summed E-state index contributed by atoms with van der Waals surface area (Å²) in [6.07, 6.45) is 2.34. The second-order valence-corrected chi connectivity index (χ2v) is 5.07. The molecule has 1 fully saturated rings. The van der Waals surface area contributed by atoms with Crippen LogP contribution in [0, 0.1) is 0 Å². The zero-order valence-electron chi connectivity index (χ0n) is 9.88. The smallest absolute Gasteiger partial charge is 0.112 e. The predicted molar refractivity (Wildman–Crippen MR) is 68.5 cm³/mol. The highest BCUT2D eigenvalue weighted by atomic mass is 35.5. The fraction of sp³-hybridized carbons (Fsp3) is 0.385. The predicted octanol–water partition coefficient (Wildman–Crippen LogP) is 2.35. The lowest BCUT2D eigenvalue weighted by atomic mass is 10.2. The Hall–Kier alpha value is -1.39. The van der Waals surface area contributed by atoms with Crippen LogP contribution < -0.4 is 0 Å². The molecule has 0 unspecified atom stereocenters. The molecule has 4 nitrogen and oxygen atoms in total. The molecular weight excluding hydrogens is 250 g/mol. The van der Waals surface area contributed by atoms with Crippen LogP contribution in [-0.4, -0.2) is 20.1 Å². The molecule has 0 radical (unpaired) electrons. The molecule has 2 aromatic rings. The third-order valence-corrected chi connectivity index (χ3v) is 3.46. The van der Waals surface area contributed by atoms with Crippen LogP contribution in [-0.2, 0) is 13.2 Å². The molecule has 0 aliphatic heterocycles. The van der Waals surface area contributed by atoms with E-state index in [2.05, 4.69) is 10.3 Å². The Kier molecular flexibility index (Phi) is 3.06. The summed E-state index contributed by atoms with van der Waals surface area (Å²) < 4.78 is 1.90. The van der Waals surface area contributed by atoms with Crippen LogP contribution in [0.25, 0.3) is 0 Å². The molecule has 94 valence electrons. The third kappa shape index (κ3) is 2.26.